The highest BCUT2D eigenvalue weighted by Gasteiger charge is 2.16. The van der Waals surface area contributed by atoms with Crippen LogP contribution in [-0.4, -0.2) is 4.57 Å². The van der Waals surface area contributed by atoms with E-state index in [2.05, 4.69) is 22.8 Å². The Labute approximate surface area is 83.2 Å². The van der Waals surface area contributed by atoms with Crippen LogP contribution in [0.3, 0.4) is 0 Å². The summed E-state index contributed by atoms with van der Waals surface area (Å²) in [5, 5.41) is 0. The summed E-state index contributed by atoms with van der Waals surface area (Å²) < 4.78 is 7.99. The first-order valence-electron chi connectivity index (χ1n) is 5.10. The smallest absolute Gasteiger partial charge is 0.150 e. The van der Waals surface area contributed by atoms with Crippen LogP contribution >= 0.6 is 0 Å². The molecular formula is C12H13NO. The van der Waals surface area contributed by atoms with Crippen molar-refractivity contribution < 1.29 is 4.42 Å². The molecule has 14 heavy (non-hydrogen) atoms. The van der Waals surface area contributed by atoms with E-state index < -0.39 is 0 Å². The average Bonchev–Trinajstić information content (AvgIpc) is 2.77. The fraction of sp³-hybridized carbons (Fsp3) is 0.333. The van der Waals surface area contributed by atoms with Crippen LogP contribution in [0.5, 0.6) is 0 Å². The monoisotopic (exact) mass is 187 g/mol. The molecule has 1 aliphatic heterocycles. The molecule has 0 aromatic carbocycles. The normalized spacial score (nSPS) is 14.6. The van der Waals surface area contributed by atoms with Gasteiger partial charge in [0.1, 0.15) is 5.76 Å². The maximum atomic E-state index is 5.63. The number of hydrogen-bond acceptors (Lipinski definition) is 1. The molecule has 0 bridgehead atoms. The molecule has 2 nitrogen and oxygen atoms in total. The van der Waals surface area contributed by atoms with Crippen molar-refractivity contribution in [2.24, 2.45) is 0 Å². The Kier molecular flexibility index (Phi) is 1.57. The first-order valence-corrected chi connectivity index (χ1v) is 5.10. The SMILES string of the molecule is Cc1ccc(-c2ccc3n2CCC3)o1. The number of hydrogen-bond donors (Lipinski definition) is 0. The van der Waals surface area contributed by atoms with E-state index in [0.29, 0.717) is 0 Å². The zero-order chi connectivity index (χ0) is 9.54. The summed E-state index contributed by atoms with van der Waals surface area (Å²) in [5.74, 6) is 1.98. The van der Waals surface area contributed by atoms with Gasteiger partial charge in [-0.1, -0.05) is 0 Å². The Hall–Kier alpha value is -1.44. The van der Waals surface area contributed by atoms with Gasteiger partial charge in [0.05, 0.1) is 5.69 Å². The van der Waals surface area contributed by atoms with Crippen LogP contribution in [0, 0.1) is 6.92 Å². The number of rotatable bonds is 1. The molecule has 0 fully saturated rings. The van der Waals surface area contributed by atoms with Crippen LogP contribution in [0.15, 0.2) is 28.7 Å². The quantitative estimate of drug-likeness (QED) is 0.671. The highest BCUT2D eigenvalue weighted by atomic mass is 16.3. The van der Waals surface area contributed by atoms with Crippen molar-refractivity contribution in [2.45, 2.75) is 26.3 Å². The predicted molar refractivity (Wildman–Crippen MR) is 55.2 cm³/mol. The highest BCUT2D eigenvalue weighted by molar-refractivity contribution is 5.55. The lowest BCUT2D eigenvalue weighted by Gasteiger charge is -2.02. The Bertz CT molecular complexity index is 464. The fourth-order valence-corrected chi connectivity index (χ4v) is 2.20. The summed E-state index contributed by atoms with van der Waals surface area (Å²) >= 11 is 0. The van der Waals surface area contributed by atoms with Crippen molar-refractivity contribution >= 4 is 0 Å². The van der Waals surface area contributed by atoms with Crippen molar-refractivity contribution in [3.63, 3.8) is 0 Å². The maximum absolute atomic E-state index is 5.63. The van der Waals surface area contributed by atoms with Crippen LogP contribution in [-0.2, 0) is 13.0 Å². The van der Waals surface area contributed by atoms with Crippen LogP contribution < -0.4 is 0 Å². The number of furan rings is 1. The van der Waals surface area contributed by atoms with E-state index in [1.165, 1.54) is 24.2 Å². The summed E-state index contributed by atoms with van der Waals surface area (Å²) in [5.41, 5.74) is 2.67. The Morgan fingerprint density at radius 3 is 2.93 bits per heavy atom. The van der Waals surface area contributed by atoms with Crippen LogP contribution in [0.2, 0.25) is 0 Å². The van der Waals surface area contributed by atoms with Crippen LogP contribution in [0.4, 0.5) is 0 Å². The fourth-order valence-electron chi connectivity index (χ4n) is 2.20. The molecule has 0 atom stereocenters. The van der Waals surface area contributed by atoms with Gasteiger partial charge in [0.15, 0.2) is 5.76 Å². The van der Waals surface area contributed by atoms with E-state index in [1.54, 1.807) is 0 Å². The minimum absolute atomic E-state index is 0.980. The molecule has 0 unspecified atom stereocenters. The van der Waals surface area contributed by atoms with Crippen molar-refractivity contribution in [2.75, 3.05) is 0 Å². The second-order valence-electron chi connectivity index (χ2n) is 3.88. The predicted octanol–water partition coefficient (Wildman–Crippen LogP) is 3.00. The molecule has 2 aromatic heterocycles. The summed E-state index contributed by atoms with van der Waals surface area (Å²) in [7, 11) is 0. The van der Waals surface area contributed by atoms with E-state index in [0.717, 1.165) is 18.1 Å². The third kappa shape index (κ3) is 1.03. The van der Waals surface area contributed by atoms with Crippen molar-refractivity contribution in [3.05, 3.63) is 35.7 Å². The summed E-state index contributed by atoms with van der Waals surface area (Å²) in [6.07, 6.45) is 2.47. The Morgan fingerprint density at radius 1 is 1.21 bits per heavy atom. The van der Waals surface area contributed by atoms with Gasteiger partial charge in [0, 0.05) is 12.2 Å². The maximum Gasteiger partial charge on any atom is 0.150 e. The van der Waals surface area contributed by atoms with Crippen molar-refractivity contribution in [1.29, 1.82) is 0 Å². The molecule has 0 spiro atoms. The Morgan fingerprint density at radius 2 is 2.14 bits per heavy atom. The lowest BCUT2D eigenvalue weighted by atomic mass is 10.3. The molecule has 0 saturated carbocycles. The van der Waals surface area contributed by atoms with Gasteiger partial charge in [-0.25, -0.2) is 0 Å². The zero-order valence-corrected chi connectivity index (χ0v) is 8.29. The Balaban J connectivity index is 2.12. The molecule has 0 radical (unpaired) electrons. The van der Waals surface area contributed by atoms with Gasteiger partial charge in [-0.15, -0.1) is 0 Å². The molecule has 2 heteroatoms. The lowest BCUT2D eigenvalue weighted by Crippen LogP contribution is -1.93. The number of aryl methyl sites for hydroxylation is 2. The summed E-state index contributed by atoms with van der Waals surface area (Å²) in [6, 6.07) is 8.44. The molecule has 1 aliphatic rings. The standard InChI is InChI=1S/C12H13NO/c1-9-4-7-12(14-9)11-6-5-10-3-2-8-13(10)11/h4-7H,2-3,8H2,1H3. The molecule has 3 heterocycles. The van der Waals surface area contributed by atoms with Gasteiger partial charge in [-0.05, 0) is 44.0 Å². The second-order valence-corrected chi connectivity index (χ2v) is 3.88. The first-order chi connectivity index (χ1) is 6.84. The van der Waals surface area contributed by atoms with Gasteiger partial charge in [-0.2, -0.15) is 0 Å². The molecule has 0 aliphatic carbocycles. The third-order valence-corrected chi connectivity index (χ3v) is 2.88. The van der Waals surface area contributed by atoms with Crippen LogP contribution in [0.25, 0.3) is 11.5 Å². The molecule has 0 N–H and O–H groups in total. The van der Waals surface area contributed by atoms with E-state index in [4.69, 9.17) is 4.42 Å². The molecule has 3 rings (SSSR count). The average molecular weight is 187 g/mol. The largest absolute Gasteiger partial charge is 0.460 e. The van der Waals surface area contributed by atoms with E-state index >= 15 is 0 Å². The molecule has 72 valence electrons. The van der Waals surface area contributed by atoms with Crippen LogP contribution in [0.1, 0.15) is 17.9 Å². The number of aromatic nitrogens is 1. The van der Waals surface area contributed by atoms with Gasteiger partial charge >= 0.3 is 0 Å². The number of nitrogens with zero attached hydrogens (tertiary/aromatic N) is 1. The van der Waals surface area contributed by atoms with Gasteiger partial charge in [0.25, 0.3) is 0 Å². The van der Waals surface area contributed by atoms with Crippen molar-refractivity contribution in [1.82, 2.24) is 4.57 Å². The highest BCUT2D eigenvalue weighted by Crippen LogP contribution is 2.28. The summed E-state index contributed by atoms with van der Waals surface area (Å²) in [6.45, 7) is 3.12. The second kappa shape index (κ2) is 2.77. The minimum atomic E-state index is 0.980. The molecule has 0 saturated heterocycles. The van der Waals surface area contributed by atoms with Gasteiger partial charge in [-0.3, -0.25) is 0 Å². The lowest BCUT2D eigenvalue weighted by molar-refractivity contribution is 0.542. The number of fused-ring (bicyclic) bond motifs is 1. The van der Waals surface area contributed by atoms with Crippen molar-refractivity contribution in [3.8, 4) is 11.5 Å². The van der Waals surface area contributed by atoms with Gasteiger partial charge in [0.2, 0.25) is 0 Å². The first kappa shape index (κ1) is 7.92. The topological polar surface area (TPSA) is 18.1 Å². The molecule has 0 amide bonds. The third-order valence-electron chi connectivity index (χ3n) is 2.88. The minimum Gasteiger partial charge on any atom is -0.460 e. The molecular weight excluding hydrogens is 174 g/mol. The van der Waals surface area contributed by atoms with Gasteiger partial charge < -0.3 is 8.98 Å². The van der Waals surface area contributed by atoms with E-state index in [9.17, 15) is 0 Å². The molecule has 2 aromatic rings. The summed E-state index contributed by atoms with van der Waals surface area (Å²) in [4.78, 5) is 0. The zero-order valence-electron chi connectivity index (χ0n) is 8.29. The van der Waals surface area contributed by atoms with E-state index in [1.807, 2.05) is 13.0 Å². The van der Waals surface area contributed by atoms with E-state index in [-0.39, 0.29) is 0 Å².